The van der Waals surface area contributed by atoms with E-state index in [4.69, 9.17) is 16.3 Å². The predicted octanol–water partition coefficient (Wildman–Crippen LogP) is 5.58. The van der Waals surface area contributed by atoms with E-state index in [1.807, 2.05) is 59.5 Å². The summed E-state index contributed by atoms with van der Waals surface area (Å²) in [7, 11) is 0. The molecular formula is C27H29ClN2O3S. The van der Waals surface area contributed by atoms with Crippen LogP contribution in [-0.4, -0.2) is 47.9 Å². The van der Waals surface area contributed by atoms with Crippen molar-refractivity contribution in [1.82, 2.24) is 9.80 Å². The number of fused-ring (bicyclic) bond motifs is 1. The third kappa shape index (κ3) is 5.80. The number of benzene rings is 2. The number of carbonyl (C=O) groups is 2. The number of rotatable bonds is 9. The first kappa shape index (κ1) is 24.3. The van der Waals surface area contributed by atoms with Gasteiger partial charge in [0.05, 0.1) is 12.6 Å². The van der Waals surface area contributed by atoms with E-state index < -0.39 is 0 Å². The minimum Gasteiger partial charge on any atom is -0.484 e. The lowest BCUT2D eigenvalue weighted by Gasteiger charge is -2.37. The van der Waals surface area contributed by atoms with Crippen LogP contribution >= 0.6 is 22.9 Å². The van der Waals surface area contributed by atoms with Crippen LogP contribution < -0.4 is 4.74 Å². The maximum Gasteiger partial charge on any atom is 0.260 e. The van der Waals surface area contributed by atoms with Crippen LogP contribution in [-0.2, 0) is 16.0 Å². The zero-order valence-corrected chi connectivity index (χ0v) is 20.9. The molecule has 7 heteroatoms. The van der Waals surface area contributed by atoms with Crippen molar-refractivity contribution >= 4 is 34.8 Å². The summed E-state index contributed by atoms with van der Waals surface area (Å²) in [6, 6.07) is 18.9. The topological polar surface area (TPSA) is 49.9 Å². The van der Waals surface area contributed by atoms with Crippen molar-refractivity contribution in [2.75, 3.05) is 26.2 Å². The zero-order valence-electron chi connectivity index (χ0n) is 19.3. The molecule has 1 unspecified atom stereocenters. The fourth-order valence-electron chi connectivity index (χ4n) is 4.24. The highest BCUT2D eigenvalue weighted by Crippen LogP contribution is 2.38. The van der Waals surface area contributed by atoms with Crippen LogP contribution in [0.1, 0.15) is 41.8 Å². The van der Waals surface area contributed by atoms with E-state index in [2.05, 4.69) is 18.4 Å². The second-order valence-electron chi connectivity index (χ2n) is 8.36. The standard InChI is InChI=1S/C27H29ClN2O3S/c1-2-3-15-29(26(32)19-33-22-7-5-4-6-8-22)18-25(31)30-16-13-24-23(14-17-34-24)27(30)20-9-11-21(28)12-10-20/h4-12,14,17,27H,2-3,13,15-16,18-19H2,1H3. The molecule has 0 fully saturated rings. The summed E-state index contributed by atoms with van der Waals surface area (Å²) < 4.78 is 5.67. The quantitative estimate of drug-likeness (QED) is 0.388. The lowest BCUT2D eigenvalue weighted by molar-refractivity contribution is -0.142. The summed E-state index contributed by atoms with van der Waals surface area (Å²) in [5, 5.41) is 2.75. The van der Waals surface area contributed by atoms with Gasteiger partial charge in [0.15, 0.2) is 6.61 Å². The Balaban J connectivity index is 1.51. The summed E-state index contributed by atoms with van der Waals surface area (Å²) in [5.41, 5.74) is 2.18. The van der Waals surface area contributed by atoms with Gasteiger partial charge in [-0.15, -0.1) is 11.3 Å². The Labute approximate surface area is 209 Å². The Hall–Kier alpha value is -2.83. The highest BCUT2D eigenvalue weighted by Gasteiger charge is 2.34. The van der Waals surface area contributed by atoms with Gasteiger partial charge in [-0.3, -0.25) is 9.59 Å². The number of ether oxygens (including phenoxy) is 1. The molecule has 34 heavy (non-hydrogen) atoms. The van der Waals surface area contributed by atoms with Crippen molar-refractivity contribution in [3.8, 4) is 5.75 Å². The van der Waals surface area contributed by atoms with Gasteiger partial charge in [-0.25, -0.2) is 0 Å². The van der Waals surface area contributed by atoms with Crippen molar-refractivity contribution in [2.24, 2.45) is 0 Å². The SMILES string of the molecule is CCCCN(CC(=O)N1CCc2sccc2C1c1ccc(Cl)cc1)C(=O)COc1ccccc1. The van der Waals surface area contributed by atoms with Gasteiger partial charge in [0.2, 0.25) is 5.91 Å². The Bertz CT molecular complexity index is 1100. The molecule has 3 aromatic rings. The van der Waals surface area contributed by atoms with Gasteiger partial charge in [-0.1, -0.05) is 55.3 Å². The molecule has 0 radical (unpaired) electrons. The number of nitrogens with zero attached hydrogens (tertiary/aromatic N) is 2. The molecule has 2 amide bonds. The van der Waals surface area contributed by atoms with Crippen LogP contribution in [0.4, 0.5) is 0 Å². The number of hydrogen-bond donors (Lipinski definition) is 0. The van der Waals surface area contributed by atoms with Crippen molar-refractivity contribution in [3.63, 3.8) is 0 Å². The number of unbranched alkanes of at least 4 members (excludes halogenated alkanes) is 1. The molecule has 2 heterocycles. The molecule has 178 valence electrons. The molecule has 1 atom stereocenters. The van der Waals surface area contributed by atoms with E-state index >= 15 is 0 Å². The fourth-order valence-corrected chi connectivity index (χ4v) is 5.27. The van der Waals surface area contributed by atoms with E-state index in [9.17, 15) is 9.59 Å². The summed E-state index contributed by atoms with van der Waals surface area (Å²) >= 11 is 7.85. The minimum atomic E-state index is -0.179. The molecule has 0 saturated heterocycles. The molecular weight excluding hydrogens is 468 g/mol. The Morgan fingerprint density at radius 2 is 1.88 bits per heavy atom. The van der Waals surface area contributed by atoms with Gasteiger partial charge in [0.25, 0.3) is 5.91 Å². The summed E-state index contributed by atoms with van der Waals surface area (Å²) in [6.07, 6.45) is 2.59. The van der Waals surface area contributed by atoms with Crippen molar-refractivity contribution in [2.45, 2.75) is 32.2 Å². The van der Waals surface area contributed by atoms with Gasteiger partial charge in [0.1, 0.15) is 5.75 Å². The second kappa shape index (κ2) is 11.5. The smallest absolute Gasteiger partial charge is 0.260 e. The van der Waals surface area contributed by atoms with Crippen LogP contribution in [0, 0.1) is 0 Å². The first-order valence-corrected chi connectivity index (χ1v) is 12.9. The van der Waals surface area contributed by atoms with E-state index in [1.165, 1.54) is 4.88 Å². The minimum absolute atomic E-state index is 0.0422. The highest BCUT2D eigenvalue weighted by atomic mass is 35.5. The fraction of sp³-hybridized carbons (Fsp3) is 0.333. The second-order valence-corrected chi connectivity index (χ2v) is 9.80. The first-order chi connectivity index (χ1) is 16.6. The van der Waals surface area contributed by atoms with Crippen LogP contribution in [0.25, 0.3) is 0 Å². The molecule has 1 aliphatic rings. The van der Waals surface area contributed by atoms with E-state index in [0.29, 0.717) is 23.9 Å². The van der Waals surface area contributed by atoms with Gasteiger partial charge >= 0.3 is 0 Å². The Morgan fingerprint density at radius 3 is 2.62 bits per heavy atom. The summed E-state index contributed by atoms with van der Waals surface area (Å²) in [4.78, 5) is 31.5. The molecule has 4 rings (SSSR count). The molecule has 1 aliphatic heterocycles. The van der Waals surface area contributed by atoms with Gasteiger partial charge in [0, 0.05) is 23.0 Å². The Morgan fingerprint density at radius 1 is 1.12 bits per heavy atom. The average Bonchev–Trinajstić information content (AvgIpc) is 3.34. The third-order valence-electron chi connectivity index (χ3n) is 6.04. The van der Waals surface area contributed by atoms with Gasteiger partial charge in [-0.2, -0.15) is 0 Å². The number of hydrogen-bond acceptors (Lipinski definition) is 4. The van der Waals surface area contributed by atoms with E-state index in [1.54, 1.807) is 16.2 Å². The monoisotopic (exact) mass is 496 g/mol. The Kier molecular flexibility index (Phi) is 8.25. The zero-order chi connectivity index (χ0) is 23.9. The van der Waals surface area contributed by atoms with Gasteiger partial charge < -0.3 is 14.5 Å². The van der Waals surface area contributed by atoms with Crippen molar-refractivity contribution in [1.29, 1.82) is 0 Å². The molecule has 1 aromatic heterocycles. The molecule has 0 saturated carbocycles. The number of para-hydroxylation sites is 1. The number of thiophene rings is 1. The molecule has 5 nitrogen and oxygen atoms in total. The highest BCUT2D eigenvalue weighted by molar-refractivity contribution is 7.10. The van der Waals surface area contributed by atoms with Crippen LogP contribution in [0.5, 0.6) is 5.75 Å². The lowest BCUT2D eigenvalue weighted by Crippen LogP contribution is -2.47. The molecule has 2 aromatic carbocycles. The normalized spacial score (nSPS) is 15.0. The molecule has 0 spiro atoms. The molecule has 0 bridgehead atoms. The number of halogens is 1. The summed E-state index contributed by atoms with van der Waals surface area (Å²) in [5.74, 6) is 0.407. The van der Waals surface area contributed by atoms with Crippen LogP contribution in [0.2, 0.25) is 5.02 Å². The van der Waals surface area contributed by atoms with Crippen molar-refractivity contribution < 1.29 is 14.3 Å². The number of carbonyl (C=O) groups excluding carboxylic acids is 2. The lowest BCUT2D eigenvalue weighted by atomic mass is 9.93. The number of amides is 2. The van der Waals surface area contributed by atoms with E-state index in [0.717, 1.165) is 30.4 Å². The largest absolute Gasteiger partial charge is 0.484 e. The van der Waals surface area contributed by atoms with Crippen molar-refractivity contribution in [3.05, 3.63) is 87.1 Å². The maximum absolute atomic E-state index is 13.6. The van der Waals surface area contributed by atoms with Crippen LogP contribution in [0.3, 0.4) is 0 Å². The maximum atomic E-state index is 13.6. The summed E-state index contributed by atoms with van der Waals surface area (Å²) in [6.45, 7) is 3.18. The van der Waals surface area contributed by atoms with Gasteiger partial charge in [-0.05, 0) is 59.7 Å². The third-order valence-corrected chi connectivity index (χ3v) is 7.29. The average molecular weight is 497 g/mol. The predicted molar refractivity (Wildman–Crippen MR) is 136 cm³/mol. The van der Waals surface area contributed by atoms with Crippen LogP contribution in [0.15, 0.2) is 66.0 Å². The first-order valence-electron chi connectivity index (χ1n) is 11.6. The molecule has 0 aliphatic carbocycles. The van der Waals surface area contributed by atoms with E-state index in [-0.39, 0.29) is 31.0 Å². The molecule has 0 N–H and O–H groups in total.